The van der Waals surface area contributed by atoms with Gasteiger partial charge in [0, 0.05) is 43.7 Å². The Kier molecular flexibility index (Phi) is 4.63. The highest BCUT2D eigenvalue weighted by molar-refractivity contribution is 5.95. The number of halogens is 2. The lowest BCUT2D eigenvalue weighted by molar-refractivity contribution is 0.0529. The molecule has 142 valence electrons. The Balaban J connectivity index is 1.41. The number of carbonyl (C=O) groups excluding carboxylic acids is 2. The van der Waals surface area contributed by atoms with Crippen LogP contribution in [0, 0.1) is 11.6 Å². The molecule has 2 aromatic rings. The molecule has 1 aliphatic carbocycles. The summed E-state index contributed by atoms with van der Waals surface area (Å²) in [6, 6.07) is 3.10. The quantitative estimate of drug-likeness (QED) is 0.809. The molecule has 0 bridgehead atoms. The van der Waals surface area contributed by atoms with Crippen LogP contribution in [-0.2, 0) is 12.8 Å². The molecular formula is C19H19F2N3O3. The van der Waals surface area contributed by atoms with Gasteiger partial charge in [0.1, 0.15) is 5.76 Å². The lowest BCUT2D eigenvalue weighted by Crippen LogP contribution is -2.50. The Bertz CT molecular complexity index is 888. The predicted octanol–water partition coefficient (Wildman–Crippen LogP) is 2.43. The van der Waals surface area contributed by atoms with E-state index in [4.69, 9.17) is 4.52 Å². The second-order valence-electron chi connectivity index (χ2n) is 6.85. The molecule has 1 aromatic heterocycles. The van der Waals surface area contributed by atoms with Crippen LogP contribution in [0.1, 0.15) is 45.0 Å². The van der Waals surface area contributed by atoms with E-state index in [1.165, 1.54) is 11.0 Å². The Morgan fingerprint density at radius 3 is 2.30 bits per heavy atom. The predicted molar refractivity (Wildman–Crippen MR) is 91.3 cm³/mol. The summed E-state index contributed by atoms with van der Waals surface area (Å²) < 4.78 is 31.7. The van der Waals surface area contributed by atoms with E-state index in [1.54, 1.807) is 4.90 Å². The molecule has 0 atom stereocenters. The molecule has 1 saturated heterocycles. The summed E-state index contributed by atoms with van der Waals surface area (Å²) in [5.74, 6) is -1.79. The van der Waals surface area contributed by atoms with Gasteiger partial charge < -0.3 is 14.3 Å². The van der Waals surface area contributed by atoms with Gasteiger partial charge in [0.25, 0.3) is 11.8 Å². The van der Waals surface area contributed by atoms with Crippen LogP contribution in [0.25, 0.3) is 0 Å². The van der Waals surface area contributed by atoms with E-state index < -0.39 is 11.6 Å². The van der Waals surface area contributed by atoms with Crippen molar-refractivity contribution in [2.75, 3.05) is 26.2 Å². The van der Waals surface area contributed by atoms with Crippen LogP contribution in [-0.4, -0.2) is 52.9 Å². The van der Waals surface area contributed by atoms with Crippen molar-refractivity contribution in [2.45, 2.75) is 25.7 Å². The van der Waals surface area contributed by atoms with E-state index in [0.717, 1.165) is 49.1 Å². The normalized spacial score (nSPS) is 17.0. The minimum atomic E-state index is -1.05. The number of aryl methyl sites for hydroxylation is 1. The molecule has 0 saturated carbocycles. The molecule has 27 heavy (non-hydrogen) atoms. The van der Waals surface area contributed by atoms with Gasteiger partial charge in [0.15, 0.2) is 17.3 Å². The van der Waals surface area contributed by atoms with Crippen molar-refractivity contribution in [3.8, 4) is 0 Å². The maximum absolute atomic E-state index is 13.4. The average molecular weight is 375 g/mol. The number of aromatic nitrogens is 1. The molecular weight excluding hydrogens is 356 g/mol. The number of hydrogen-bond acceptors (Lipinski definition) is 4. The molecule has 2 heterocycles. The Labute approximate surface area is 154 Å². The van der Waals surface area contributed by atoms with Gasteiger partial charge in [0.05, 0.1) is 0 Å². The zero-order valence-electron chi connectivity index (χ0n) is 14.7. The molecule has 0 unspecified atom stereocenters. The van der Waals surface area contributed by atoms with Crippen LogP contribution in [0.3, 0.4) is 0 Å². The van der Waals surface area contributed by atoms with Gasteiger partial charge in [-0.1, -0.05) is 5.16 Å². The smallest absolute Gasteiger partial charge is 0.276 e. The first kappa shape index (κ1) is 17.6. The number of carbonyl (C=O) groups is 2. The third kappa shape index (κ3) is 3.31. The molecule has 0 N–H and O–H groups in total. The van der Waals surface area contributed by atoms with Crippen molar-refractivity contribution in [1.29, 1.82) is 0 Å². The van der Waals surface area contributed by atoms with Crippen molar-refractivity contribution < 1.29 is 22.9 Å². The molecule has 0 radical (unpaired) electrons. The summed E-state index contributed by atoms with van der Waals surface area (Å²) in [6.45, 7) is 1.36. The van der Waals surface area contributed by atoms with Gasteiger partial charge in [0.2, 0.25) is 0 Å². The molecule has 1 aromatic carbocycles. The summed E-state index contributed by atoms with van der Waals surface area (Å²) in [7, 11) is 0. The van der Waals surface area contributed by atoms with Crippen LogP contribution < -0.4 is 0 Å². The minimum absolute atomic E-state index is 0.0965. The van der Waals surface area contributed by atoms with Gasteiger partial charge >= 0.3 is 0 Å². The average Bonchev–Trinajstić information content (AvgIpc) is 3.13. The fourth-order valence-electron chi connectivity index (χ4n) is 3.63. The largest absolute Gasteiger partial charge is 0.360 e. The van der Waals surface area contributed by atoms with Crippen LogP contribution in [0.4, 0.5) is 8.78 Å². The zero-order valence-corrected chi connectivity index (χ0v) is 14.7. The molecule has 2 aliphatic rings. The van der Waals surface area contributed by atoms with Gasteiger partial charge in [-0.3, -0.25) is 9.59 Å². The SMILES string of the molecule is O=C(c1ccc(F)c(F)c1)N1CCN(C(=O)c2noc3c2CCCC3)CC1. The molecule has 1 fully saturated rings. The lowest BCUT2D eigenvalue weighted by Gasteiger charge is -2.34. The summed E-state index contributed by atoms with van der Waals surface area (Å²) in [4.78, 5) is 28.4. The van der Waals surface area contributed by atoms with Crippen LogP contribution in [0.5, 0.6) is 0 Å². The fraction of sp³-hybridized carbons (Fsp3) is 0.421. The number of piperazine rings is 1. The molecule has 1 aliphatic heterocycles. The van der Waals surface area contributed by atoms with E-state index in [9.17, 15) is 18.4 Å². The van der Waals surface area contributed by atoms with Crippen molar-refractivity contribution >= 4 is 11.8 Å². The Morgan fingerprint density at radius 1 is 0.926 bits per heavy atom. The third-order valence-electron chi connectivity index (χ3n) is 5.17. The number of nitrogens with zero attached hydrogens (tertiary/aromatic N) is 3. The minimum Gasteiger partial charge on any atom is -0.360 e. The van der Waals surface area contributed by atoms with Gasteiger partial charge in [-0.05, 0) is 37.5 Å². The molecule has 2 amide bonds. The second-order valence-corrected chi connectivity index (χ2v) is 6.85. The highest BCUT2D eigenvalue weighted by Crippen LogP contribution is 2.25. The summed E-state index contributed by atoms with van der Waals surface area (Å²) in [5.41, 5.74) is 1.39. The number of benzene rings is 1. The highest BCUT2D eigenvalue weighted by atomic mass is 19.2. The third-order valence-corrected chi connectivity index (χ3v) is 5.17. The monoisotopic (exact) mass is 375 g/mol. The van der Waals surface area contributed by atoms with E-state index >= 15 is 0 Å². The van der Waals surface area contributed by atoms with Gasteiger partial charge in [-0.25, -0.2) is 8.78 Å². The van der Waals surface area contributed by atoms with Crippen molar-refractivity contribution in [1.82, 2.24) is 15.0 Å². The first-order chi connectivity index (χ1) is 13.0. The van der Waals surface area contributed by atoms with Gasteiger partial charge in [-0.15, -0.1) is 0 Å². The maximum atomic E-state index is 13.4. The standard InChI is InChI=1S/C19H19F2N3O3/c20-14-6-5-12(11-15(14)21)18(25)23-7-9-24(10-8-23)19(26)17-13-3-1-2-4-16(13)27-22-17/h5-6,11H,1-4,7-10H2. The first-order valence-electron chi connectivity index (χ1n) is 9.05. The number of amides is 2. The van der Waals surface area contributed by atoms with E-state index in [2.05, 4.69) is 5.16 Å². The number of fused-ring (bicyclic) bond motifs is 1. The maximum Gasteiger partial charge on any atom is 0.276 e. The molecule has 0 spiro atoms. The molecule has 6 nitrogen and oxygen atoms in total. The number of rotatable bonds is 2. The van der Waals surface area contributed by atoms with Crippen LogP contribution in [0.2, 0.25) is 0 Å². The van der Waals surface area contributed by atoms with Crippen LogP contribution >= 0.6 is 0 Å². The number of hydrogen-bond donors (Lipinski definition) is 0. The summed E-state index contributed by atoms with van der Waals surface area (Å²) in [5, 5.41) is 3.97. The lowest BCUT2D eigenvalue weighted by atomic mass is 9.96. The summed E-state index contributed by atoms with van der Waals surface area (Å²) >= 11 is 0. The fourth-order valence-corrected chi connectivity index (χ4v) is 3.63. The summed E-state index contributed by atoms with van der Waals surface area (Å²) in [6.07, 6.45) is 3.67. The van der Waals surface area contributed by atoms with E-state index in [0.29, 0.717) is 31.9 Å². The van der Waals surface area contributed by atoms with Gasteiger partial charge in [-0.2, -0.15) is 0 Å². The van der Waals surface area contributed by atoms with Crippen molar-refractivity contribution in [3.63, 3.8) is 0 Å². The van der Waals surface area contributed by atoms with E-state index in [1.807, 2.05) is 0 Å². The van der Waals surface area contributed by atoms with Crippen molar-refractivity contribution in [2.24, 2.45) is 0 Å². The molecule has 4 rings (SSSR count). The van der Waals surface area contributed by atoms with Crippen LogP contribution in [0.15, 0.2) is 22.7 Å². The highest BCUT2D eigenvalue weighted by Gasteiger charge is 2.30. The first-order valence-corrected chi connectivity index (χ1v) is 9.05. The Morgan fingerprint density at radius 2 is 1.59 bits per heavy atom. The molecule has 8 heteroatoms. The second kappa shape index (κ2) is 7.09. The van der Waals surface area contributed by atoms with Crippen molar-refractivity contribution in [3.05, 3.63) is 52.4 Å². The Hall–Kier alpha value is -2.77. The topological polar surface area (TPSA) is 66.7 Å². The zero-order chi connectivity index (χ0) is 19.0. The van der Waals surface area contributed by atoms with E-state index in [-0.39, 0.29) is 17.4 Å².